The molecular formula is C11H13N3O2. The van der Waals surface area contributed by atoms with Crippen LogP contribution >= 0.6 is 0 Å². The molecule has 0 saturated carbocycles. The molecule has 0 heterocycles. The van der Waals surface area contributed by atoms with Gasteiger partial charge in [-0.25, -0.2) is 0 Å². The van der Waals surface area contributed by atoms with Gasteiger partial charge < -0.3 is 11.1 Å². The molecule has 1 aromatic rings. The largest absolute Gasteiger partial charge is 0.393 e. The van der Waals surface area contributed by atoms with Gasteiger partial charge in [-0.15, -0.1) is 0 Å². The maximum atomic E-state index is 10.5. The quantitative estimate of drug-likeness (QED) is 0.262. The minimum absolute atomic E-state index is 0.0826. The van der Waals surface area contributed by atoms with Crippen LogP contribution in [-0.4, -0.2) is 18.5 Å². The van der Waals surface area contributed by atoms with Crippen molar-refractivity contribution in [1.29, 1.82) is 0 Å². The van der Waals surface area contributed by atoms with Crippen LogP contribution in [0.5, 0.6) is 0 Å². The first kappa shape index (κ1) is 12.0. The fourth-order valence-electron chi connectivity index (χ4n) is 1.15. The number of benzene rings is 1. The van der Waals surface area contributed by atoms with Gasteiger partial charge in [-0.05, 0) is 19.2 Å². The van der Waals surface area contributed by atoms with E-state index in [9.17, 15) is 10.1 Å². The zero-order chi connectivity index (χ0) is 12.0. The molecule has 1 rings (SSSR count). The van der Waals surface area contributed by atoms with Crippen molar-refractivity contribution in [3.05, 3.63) is 33.9 Å². The number of nitro benzene ring substituents is 1. The highest BCUT2D eigenvalue weighted by Gasteiger charge is 2.09. The number of hydrogen-bond donors (Lipinski definition) is 2. The van der Waals surface area contributed by atoms with Crippen molar-refractivity contribution in [2.45, 2.75) is 6.42 Å². The molecule has 0 fully saturated rings. The molecule has 0 radical (unpaired) electrons. The molecule has 0 aliphatic heterocycles. The smallest absolute Gasteiger partial charge is 0.292 e. The third kappa shape index (κ3) is 3.26. The van der Waals surface area contributed by atoms with Crippen LogP contribution in [0, 0.1) is 22.0 Å². The van der Waals surface area contributed by atoms with Crippen molar-refractivity contribution in [2.24, 2.45) is 0 Å². The van der Waals surface area contributed by atoms with Crippen LogP contribution in [0.1, 0.15) is 12.0 Å². The number of nitrogens with zero attached hydrogens (tertiary/aromatic N) is 1. The van der Waals surface area contributed by atoms with Crippen molar-refractivity contribution in [1.82, 2.24) is 5.32 Å². The molecule has 1 aromatic carbocycles. The number of rotatable bonds is 3. The summed E-state index contributed by atoms with van der Waals surface area (Å²) in [7, 11) is 1.85. The first-order valence-corrected chi connectivity index (χ1v) is 4.82. The fourth-order valence-corrected chi connectivity index (χ4v) is 1.15. The van der Waals surface area contributed by atoms with E-state index in [-0.39, 0.29) is 11.4 Å². The highest BCUT2D eigenvalue weighted by Crippen LogP contribution is 2.21. The monoisotopic (exact) mass is 219 g/mol. The van der Waals surface area contributed by atoms with Gasteiger partial charge in [-0.1, -0.05) is 11.8 Å². The summed E-state index contributed by atoms with van der Waals surface area (Å²) in [5.41, 5.74) is 6.29. The number of hydrogen-bond acceptors (Lipinski definition) is 4. The van der Waals surface area contributed by atoms with Crippen molar-refractivity contribution in [3.63, 3.8) is 0 Å². The van der Waals surface area contributed by atoms with E-state index in [0.717, 1.165) is 13.0 Å². The molecule has 0 atom stereocenters. The zero-order valence-corrected chi connectivity index (χ0v) is 8.99. The van der Waals surface area contributed by atoms with Crippen molar-refractivity contribution in [3.8, 4) is 11.8 Å². The van der Waals surface area contributed by atoms with Crippen LogP contribution in [-0.2, 0) is 0 Å². The summed E-state index contributed by atoms with van der Waals surface area (Å²) in [5, 5.41) is 13.5. The summed E-state index contributed by atoms with van der Waals surface area (Å²) in [5.74, 6) is 5.83. The van der Waals surface area contributed by atoms with E-state index in [1.807, 2.05) is 7.05 Å². The average molecular weight is 219 g/mol. The second-order valence-electron chi connectivity index (χ2n) is 3.19. The van der Waals surface area contributed by atoms with E-state index in [0.29, 0.717) is 5.56 Å². The lowest BCUT2D eigenvalue weighted by Crippen LogP contribution is -2.05. The Morgan fingerprint density at radius 1 is 1.56 bits per heavy atom. The molecule has 0 unspecified atom stereocenters. The number of anilines is 1. The topological polar surface area (TPSA) is 81.2 Å². The van der Waals surface area contributed by atoms with Gasteiger partial charge in [0.25, 0.3) is 5.69 Å². The van der Waals surface area contributed by atoms with Crippen LogP contribution in [0.25, 0.3) is 0 Å². The van der Waals surface area contributed by atoms with E-state index in [2.05, 4.69) is 17.2 Å². The standard InChI is InChI=1S/C11H13N3O2/c1-13-7-3-2-4-9-5-6-11(14(15)16)10(12)8-9/h5-6,8,13H,3,7,12H2,1H3. The molecule has 0 amide bonds. The number of nitrogen functional groups attached to an aromatic ring is 1. The van der Waals surface area contributed by atoms with E-state index in [1.54, 1.807) is 6.07 Å². The number of nitro groups is 1. The van der Waals surface area contributed by atoms with E-state index in [4.69, 9.17) is 5.73 Å². The van der Waals surface area contributed by atoms with Crippen LogP contribution in [0.2, 0.25) is 0 Å². The first-order chi connectivity index (χ1) is 7.65. The second-order valence-corrected chi connectivity index (χ2v) is 3.19. The predicted octanol–water partition coefficient (Wildman–Crippen LogP) is 1.14. The lowest BCUT2D eigenvalue weighted by atomic mass is 10.2. The van der Waals surface area contributed by atoms with E-state index in [1.165, 1.54) is 12.1 Å². The Balaban J connectivity index is 2.80. The Morgan fingerprint density at radius 2 is 2.31 bits per heavy atom. The molecule has 5 nitrogen and oxygen atoms in total. The summed E-state index contributed by atoms with van der Waals surface area (Å²) in [6, 6.07) is 4.49. The molecule has 0 aromatic heterocycles. The Kier molecular flexibility index (Phi) is 4.30. The molecule has 0 spiro atoms. The fraction of sp³-hybridized carbons (Fsp3) is 0.273. The Bertz CT molecular complexity index is 446. The Hall–Kier alpha value is -2.06. The van der Waals surface area contributed by atoms with Gasteiger partial charge in [0.1, 0.15) is 5.69 Å². The molecule has 0 saturated heterocycles. The van der Waals surface area contributed by atoms with E-state index < -0.39 is 4.92 Å². The predicted molar refractivity (Wildman–Crippen MR) is 62.9 cm³/mol. The molecule has 0 aliphatic rings. The van der Waals surface area contributed by atoms with Crippen LogP contribution in [0.4, 0.5) is 11.4 Å². The number of nitrogens with two attached hydrogens (primary N) is 1. The van der Waals surface area contributed by atoms with E-state index >= 15 is 0 Å². The maximum Gasteiger partial charge on any atom is 0.292 e. The summed E-state index contributed by atoms with van der Waals surface area (Å²) in [6.45, 7) is 0.815. The van der Waals surface area contributed by atoms with Crippen molar-refractivity contribution >= 4 is 11.4 Å². The third-order valence-corrected chi connectivity index (χ3v) is 1.96. The van der Waals surface area contributed by atoms with Crippen LogP contribution in [0.3, 0.4) is 0 Å². The van der Waals surface area contributed by atoms with Crippen LogP contribution in [0.15, 0.2) is 18.2 Å². The van der Waals surface area contributed by atoms with Crippen molar-refractivity contribution in [2.75, 3.05) is 19.3 Å². The highest BCUT2D eigenvalue weighted by molar-refractivity contribution is 5.61. The van der Waals surface area contributed by atoms with Crippen LogP contribution < -0.4 is 11.1 Å². The lowest BCUT2D eigenvalue weighted by molar-refractivity contribution is -0.383. The number of nitrogens with one attached hydrogen (secondary N) is 1. The first-order valence-electron chi connectivity index (χ1n) is 4.82. The molecule has 0 bridgehead atoms. The molecule has 5 heteroatoms. The second kappa shape index (κ2) is 5.73. The van der Waals surface area contributed by atoms with Gasteiger partial charge in [0, 0.05) is 24.6 Å². The molecular weight excluding hydrogens is 206 g/mol. The molecule has 0 aliphatic carbocycles. The SMILES string of the molecule is CNCCC#Cc1ccc([N+](=O)[O-])c(N)c1. The summed E-state index contributed by atoms with van der Waals surface area (Å²) >= 11 is 0. The van der Waals surface area contributed by atoms with Gasteiger partial charge >= 0.3 is 0 Å². The third-order valence-electron chi connectivity index (χ3n) is 1.96. The zero-order valence-electron chi connectivity index (χ0n) is 8.99. The molecule has 3 N–H and O–H groups in total. The van der Waals surface area contributed by atoms with Gasteiger partial charge in [-0.3, -0.25) is 10.1 Å². The lowest BCUT2D eigenvalue weighted by Gasteiger charge is -1.97. The molecule has 84 valence electrons. The summed E-state index contributed by atoms with van der Waals surface area (Å²) in [4.78, 5) is 10.0. The van der Waals surface area contributed by atoms with Gasteiger partial charge in [0.05, 0.1) is 4.92 Å². The molecule has 16 heavy (non-hydrogen) atoms. The van der Waals surface area contributed by atoms with Gasteiger partial charge in [0.15, 0.2) is 0 Å². The average Bonchev–Trinajstić information content (AvgIpc) is 2.24. The normalized spacial score (nSPS) is 9.31. The van der Waals surface area contributed by atoms with Crippen molar-refractivity contribution < 1.29 is 4.92 Å². The van der Waals surface area contributed by atoms with Gasteiger partial charge in [-0.2, -0.15) is 0 Å². The minimum Gasteiger partial charge on any atom is -0.393 e. The maximum absolute atomic E-state index is 10.5. The Labute approximate surface area is 93.8 Å². The summed E-state index contributed by atoms with van der Waals surface area (Å²) < 4.78 is 0. The van der Waals surface area contributed by atoms with Gasteiger partial charge in [0.2, 0.25) is 0 Å². The highest BCUT2D eigenvalue weighted by atomic mass is 16.6. The minimum atomic E-state index is -0.506. The summed E-state index contributed by atoms with van der Waals surface area (Å²) in [6.07, 6.45) is 0.730. The Morgan fingerprint density at radius 3 is 2.88 bits per heavy atom.